The van der Waals surface area contributed by atoms with Crippen molar-refractivity contribution in [2.45, 2.75) is 19.2 Å². The number of rotatable bonds is 5. The van der Waals surface area contributed by atoms with Crippen molar-refractivity contribution >= 4 is 70.6 Å². The summed E-state index contributed by atoms with van der Waals surface area (Å²) in [6.07, 6.45) is -8.71. The van der Waals surface area contributed by atoms with E-state index in [2.05, 4.69) is 0 Å². The lowest BCUT2D eigenvalue weighted by atomic mass is 10.7. The van der Waals surface area contributed by atoms with Gasteiger partial charge in [-0.1, -0.05) is 0 Å². The molecule has 2 aliphatic heterocycles. The van der Waals surface area contributed by atoms with E-state index in [9.17, 15) is 26.3 Å². The van der Waals surface area contributed by atoms with Gasteiger partial charge in [0.15, 0.2) is 0 Å². The summed E-state index contributed by atoms with van der Waals surface area (Å²) >= 11 is 4.82. The van der Waals surface area contributed by atoms with Crippen LogP contribution < -0.4 is 0 Å². The Bertz CT molecular complexity index is 335. The van der Waals surface area contributed by atoms with Crippen LogP contribution in [0.3, 0.4) is 0 Å². The van der Waals surface area contributed by atoms with Gasteiger partial charge in [0.05, 0.1) is 0 Å². The summed E-state index contributed by atoms with van der Waals surface area (Å²) < 4.78 is 75.1. The Balaban J connectivity index is 1.88. The molecule has 2 heterocycles. The van der Waals surface area contributed by atoms with Gasteiger partial charge in [0.1, 0.15) is 0 Å². The summed E-state index contributed by atoms with van der Waals surface area (Å²) in [5.74, 6) is 1.79. The maximum absolute atomic E-state index is 13.2. The van der Waals surface area contributed by atoms with Crippen molar-refractivity contribution in [3.05, 3.63) is 0 Å². The molecular formula is C10H12F6S6. The molecule has 12 heteroatoms. The SMILES string of the molecule is FC(F)(F)C1(SCCSC2(C(F)(F)F)SCCS2)SCCS1. The average molecular weight is 439 g/mol. The van der Waals surface area contributed by atoms with Gasteiger partial charge in [-0.3, -0.25) is 0 Å². The van der Waals surface area contributed by atoms with Crippen LogP contribution >= 0.6 is 70.6 Å². The minimum atomic E-state index is -4.35. The molecule has 0 unspecified atom stereocenters. The molecule has 0 bridgehead atoms. The second-order valence-corrected chi connectivity index (χ2v) is 13.6. The van der Waals surface area contributed by atoms with Crippen molar-refractivity contribution in [1.29, 1.82) is 0 Å². The van der Waals surface area contributed by atoms with E-state index < -0.39 is 19.2 Å². The van der Waals surface area contributed by atoms with Gasteiger partial charge in [0, 0.05) is 34.5 Å². The summed E-state index contributed by atoms with van der Waals surface area (Å²) in [6.45, 7) is 0. The number of thioether (sulfide) groups is 6. The first-order valence-corrected chi connectivity index (χ1v) is 12.0. The molecule has 0 radical (unpaired) electrons. The molecule has 0 amide bonds. The molecule has 130 valence electrons. The molecule has 0 N–H and O–H groups in total. The number of halogens is 6. The van der Waals surface area contributed by atoms with Gasteiger partial charge in [0.25, 0.3) is 0 Å². The summed E-state index contributed by atoms with van der Waals surface area (Å²) in [4.78, 5) is 0. The summed E-state index contributed by atoms with van der Waals surface area (Å²) in [5, 5.41) is 0. The summed E-state index contributed by atoms with van der Waals surface area (Å²) in [5.41, 5.74) is 0. The molecule has 2 fully saturated rings. The van der Waals surface area contributed by atoms with Gasteiger partial charge in [-0.05, 0) is 0 Å². The van der Waals surface area contributed by atoms with Crippen LogP contribution in [0.1, 0.15) is 0 Å². The molecule has 0 saturated carbocycles. The fraction of sp³-hybridized carbons (Fsp3) is 1.00. The smallest absolute Gasteiger partial charge is 0.168 e. The third-order valence-corrected chi connectivity index (χ3v) is 13.8. The zero-order valence-electron chi connectivity index (χ0n) is 11.0. The Morgan fingerprint density at radius 3 is 1.14 bits per heavy atom. The van der Waals surface area contributed by atoms with Crippen LogP contribution in [0.5, 0.6) is 0 Å². The molecule has 0 nitrogen and oxygen atoms in total. The molecule has 2 rings (SSSR count). The first-order chi connectivity index (χ1) is 10.1. The largest absolute Gasteiger partial charge is 0.421 e. The predicted octanol–water partition coefficient (Wildman–Crippen LogP) is 5.85. The van der Waals surface area contributed by atoms with Crippen LogP contribution in [-0.4, -0.2) is 53.7 Å². The third kappa shape index (κ3) is 4.25. The lowest BCUT2D eigenvalue weighted by Crippen LogP contribution is -2.35. The van der Waals surface area contributed by atoms with Crippen LogP contribution in [0.2, 0.25) is 0 Å². The van der Waals surface area contributed by atoms with E-state index in [1.165, 1.54) is 0 Å². The number of hydrogen-bond acceptors (Lipinski definition) is 6. The monoisotopic (exact) mass is 438 g/mol. The van der Waals surface area contributed by atoms with Crippen LogP contribution in [0.15, 0.2) is 0 Å². The second-order valence-electron chi connectivity index (χ2n) is 4.20. The molecule has 2 aliphatic rings. The molecule has 0 aromatic heterocycles. The second kappa shape index (κ2) is 7.51. The Labute approximate surface area is 150 Å². The zero-order chi connectivity index (χ0) is 16.5. The third-order valence-electron chi connectivity index (χ3n) is 2.70. The van der Waals surface area contributed by atoms with Crippen LogP contribution in [-0.2, 0) is 0 Å². The molecule has 0 aromatic rings. The first-order valence-electron chi connectivity index (χ1n) is 6.09. The quantitative estimate of drug-likeness (QED) is 0.388. The van der Waals surface area contributed by atoms with Crippen molar-refractivity contribution in [3.8, 4) is 0 Å². The lowest BCUT2D eigenvalue weighted by molar-refractivity contribution is -0.120. The van der Waals surface area contributed by atoms with E-state index in [0.717, 1.165) is 70.6 Å². The molecule has 2 saturated heterocycles. The highest BCUT2D eigenvalue weighted by Gasteiger charge is 2.60. The molecule has 0 aromatic carbocycles. The maximum atomic E-state index is 13.2. The normalized spacial score (nSPS) is 24.8. The van der Waals surface area contributed by atoms with Gasteiger partial charge in [-0.25, -0.2) is 0 Å². The average Bonchev–Trinajstić information content (AvgIpc) is 3.03. The molecule has 0 atom stereocenters. The Hall–Kier alpha value is 1.68. The highest BCUT2D eigenvalue weighted by molar-refractivity contribution is 8.37. The van der Waals surface area contributed by atoms with Crippen molar-refractivity contribution in [2.24, 2.45) is 0 Å². The highest BCUT2D eigenvalue weighted by Crippen LogP contribution is 2.63. The fourth-order valence-electron chi connectivity index (χ4n) is 1.80. The first kappa shape index (κ1) is 20.0. The van der Waals surface area contributed by atoms with E-state index in [1.807, 2.05) is 0 Å². The van der Waals surface area contributed by atoms with Crippen molar-refractivity contribution < 1.29 is 26.3 Å². The van der Waals surface area contributed by atoms with Gasteiger partial charge < -0.3 is 0 Å². The van der Waals surface area contributed by atoms with Crippen molar-refractivity contribution in [1.82, 2.24) is 0 Å². The topological polar surface area (TPSA) is 0 Å². The number of alkyl halides is 6. The van der Waals surface area contributed by atoms with E-state index in [1.54, 1.807) is 0 Å². The predicted molar refractivity (Wildman–Crippen MR) is 92.3 cm³/mol. The fourth-order valence-corrected chi connectivity index (χ4v) is 11.4. The van der Waals surface area contributed by atoms with Crippen LogP contribution in [0, 0.1) is 0 Å². The zero-order valence-corrected chi connectivity index (χ0v) is 15.9. The van der Waals surface area contributed by atoms with Crippen molar-refractivity contribution in [2.75, 3.05) is 34.5 Å². The highest BCUT2D eigenvalue weighted by atomic mass is 32.3. The standard InChI is InChI=1S/C10H12F6S6/c11-7(12,13)9(17-1-2-18-9)21-5-6-22-10(8(14,15)16)19-3-4-20-10/h1-6H2. The molecule has 0 aliphatic carbocycles. The molecule has 22 heavy (non-hydrogen) atoms. The van der Waals surface area contributed by atoms with E-state index in [4.69, 9.17) is 0 Å². The minimum absolute atomic E-state index is 0.0587. The molecular weight excluding hydrogens is 427 g/mol. The van der Waals surface area contributed by atoms with Gasteiger partial charge >= 0.3 is 12.4 Å². The van der Waals surface area contributed by atoms with Gasteiger partial charge in [-0.15, -0.1) is 70.6 Å². The maximum Gasteiger partial charge on any atom is 0.421 e. The van der Waals surface area contributed by atoms with E-state index >= 15 is 0 Å². The Morgan fingerprint density at radius 1 is 0.636 bits per heavy atom. The van der Waals surface area contributed by atoms with E-state index in [-0.39, 0.29) is 11.5 Å². The number of hydrogen-bond donors (Lipinski definition) is 0. The van der Waals surface area contributed by atoms with Gasteiger partial charge in [-0.2, -0.15) is 26.3 Å². The van der Waals surface area contributed by atoms with Crippen LogP contribution in [0.25, 0.3) is 0 Å². The van der Waals surface area contributed by atoms with E-state index in [0.29, 0.717) is 23.0 Å². The Kier molecular flexibility index (Phi) is 6.82. The summed E-state index contributed by atoms with van der Waals surface area (Å²) in [7, 11) is 0. The van der Waals surface area contributed by atoms with Gasteiger partial charge in [0.2, 0.25) is 6.82 Å². The van der Waals surface area contributed by atoms with Crippen molar-refractivity contribution in [3.63, 3.8) is 0 Å². The molecule has 0 spiro atoms. The minimum Gasteiger partial charge on any atom is -0.168 e. The lowest BCUT2D eigenvalue weighted by Gasteiger charge is -2.31. The van der Waals surface area contributed by atoms with Crippen LogP contribution in [0.4, 0.5) is 26.3 Å². The summed E-state index contributed by atoms with van der Waals surface area (Å²) in [6, 6.07) is 0. The Morgan fingerprint density at radius 2 is 0.909 bits per heavy atom.